The monoisotopic (exact) mass is 464 g/mol. The second-order valence-corrected chi connectivity index (χ2v) is 8.58. The molecule has 1 unspecified atom stereocenters. The Balaban J connectivity index is 1.40. The van der Waals surface area contributed by atoms with Crippen LogP contribution in [0.2, 0.25) is 0 Å². The number of amides is 2. The Kier molecular flexibility index (Phi) is 4.90. The maximum absolute atomic E-state index is 13.2. The van der Waals surface area contributed by atoms with E-state index in [-0.39, 0.29) is 18.2 Å². The Morgan fingerprint density at radius 1 is 1.07 bits per heavy atom. The number of carbonyl (C=O) groups excluding carboxylic acids is 2. The summed E-state index contributed by atoms with van der Waals surface area (Å²) in [4.78, 5) is 27.5. The fourth-order valence-electron chi connectivity index (χ4n) is 4.28. The van der Waals surface area contributed by atoms with E-state index in [1.54, 1.807) is 4.90 Å². The van der Waals surface area contributed by atoms with Crippen molar-refractivity contribution in [1.82, 2.24) is 9.78 Å². The molecule has 0 radical (unpaired) electrons. The van der Waals surface area contributed by atoms with Gasteiger partial charge in [0.1, 0.15) is 5.82 Å². The van der Waals surface area contributed by atoms with Gasteiger partial charge in [-0.25, -0.2) is 4.68 Å². The second kappa shape index (κ2) is 7.72. The number of aromatic nitrogens is 2. The van der Waals surface area contributed by atoms with Gasteiger partial charge in [0.25, 0.3) is 0 Å². The van der Waals surface area contributed by atoms with E-state index in [4.69, 9.17) is 5.10 Å². The van der Waals surface area contributed by atoms with Crippen LogP contribution in [0, 0.1) is 5.92 Å². The van der Waals surface area contributed by atoms with Gasteiger partial charge in [-0.2, -0.15) is 5.10 Å². The van der Waals surface area contributed by atoms with Gasteiger partial charge in [0.05, 0.1) is 23.0 Å². The Labute approximate surface area is 183 Å². The Hall–Kier alpha value is -2.93. The minimum atomic E-state index is -0.402. The molecular weight excluding hydrogens is 444 g/mol. The summed E-state index contributed by atoms with van der Waals surface area (Å²) >= 11 is 3.50. The topological polar surface area (TPSA) is 67.2 Å². The van der Waals surface area contributed by atoms with Crippen LogP contribution in [-0.2, 0) is 22.4 Å². The van der Waals surface area contributed by atoms with E-state index < -0.39 is 5.92 Å². The summed E-state index contributed by atoms with van der Waals surface area (Å²) in [5.74, 6) is 0.166. The highest BCUT2D eigenvalue weighted by atomic mass is 79.9. The van der Waals surface area contributed by atoms with Gasteiger partial charge >= 0.3 is 0 Å². The molecule has 2 amide bonds. The summed E-state index contributed by atoms with van der Waals surface area (Å²) in [7, 11) is 0. The number of rotatable bonds is 4. The van der Waals surface area contributed by atoms with Gasteiger partial charge in [-0.1, -0.05) is 30.3 Å². The normalized spacial score (nSPS) is 18.0. The summed E-state index contributed by atoms with van der Waals surface area (Å²) in [5, 5.41) is 7.86. The number of benzene rings is 2. The van der Waals surface area contributed by atoms with Crippen LogP contribution in [0.25, 0.3) is 5.69 Å². The molecule has 6 nitrogen and oxygen atoms in total. The molecule has 2 aromatic carbocycles. The number of hydrogen-bond donors (Lipinski definition) is 1. The number of hydrogen-bond acceptors (Lipinski definition) is 3. The smallest absolute Gasteiger partial charge is 0.230 e. The number of nitrogens with zero attached hydrogens (tertiary/aromatic N) is 3. The average Bonchev–Trinajstić information content (AvgIpc) is 3.45. The van der Waals surface area contributed by atoms with E-state index in [1.807, 2.05) is 59.3 Å². The van der Waals surface area contributed by atoms with E-state index in [0.29, 0.717) is 6.54 Å². The molecule has 30 heavy (non-hydrogen) atoms. The molecule has 0 saturated carbocycles. The lowest BCUT2D eigenvalue weighted by atomic mass is 10.1. The number of fused-ring (bicyclic) bond motifs is 1. The minimum Gasteiger partial charge on any atom is -0.310 e. The Morgan fingerprint density at radius 3 is 2.63 bits per heavy atom. The molecule has 152 valence electrons. The molecule has 7 heteroatoms. The molecule has 1 aliphatic carbocycles. The summed E-state index contributed by atoms with van der Waals surface area (Å²) in [6, 6.07) is 17.4. The van der Waals surface area contributed by atoms with Gasteiger partial charge in [0, 0.05) is 23.0 Å². The van der Waals surface area contributed by atoms with E-state index in [9.17, 15) is 9.59 Å². The molecule has 1 aliphatic heterocycles. The van der Waals surface area contributed by atoms with Crippen molar-refractivity contribution in [2.75, 3.05) is 16.8 Å². The molecule has 1 saturated heterocycles. The van der Waals surface area contributed by atoms with Crippen molar-refractivity contribution < 1.29 is 9.59 Å². The van der Waals surface area contributed by atoms with Crippen LogP contribution < -0.4 is 10.2 Å². The minimum absolute atomic E-state index is 0.0381. The first-order chi connectivity index (χ1) is 14.6. The number of para-hydroxylation sites is 2. The number of anilines is 2. The van der Waals surface area contributed by atoms with Crippen molar-refractivity contribution in [3.63, 3.8) is 0 Å². The first-order valence-electron chi connectivity index (χ1n) is 10.1. The molecule has 1 aromatic heterocycles. The third-order valence-electron chi connectivity index (χ3n) is 5.79. The lowest BCUT2D eigenvalue weighted by Gasteiger charge is -2.18. The third-order valence-corrected chi connectivity index (χ3v) is 6.46. The molecule has 1 atom stereocenters. The van der Waals surface area contributed by atoms with Crippen LogP contribution in [-0.4, -0.2) is 28.1 Å². The number of nitrogens with one attached hydrogen (secondary N) is 1. The summed E-state index contributed by atoms with van der Waals surface area (Å²) in [5.41, 5.74) is 3.87. The summed E-state index contributed by atoms with van der Waals surface area (Å²) < 4.78 is 2.67. The van der Waals surface area contributed by atoms with Crippen molar-refractivity contribution in [2.45, 2.75) is 25.7 Å². The highest BCUT2D eigenvalue weighted by molar-refractivity contribution is 9.10. The Morgan fingerprint density at radius 2 is 1.83 bits per heavy atom. The zero-order valence-corrected chi connectivity index (χ0v) is 17.9. The molecule has 1 fully saturated rings. The van der Waals surface area contributed by atoms with Crippen molar-refractivity contribution in [3.8, 4) is 5.69 Å². The largest absolute Gasteiger partial charge is 0.310 e. The predicted molar refractivity (Wildman–Crippen MR) is 119 cm³/mol. The molecule has 1 N–H and O–H groups in total. The average molecular weight is 465 g/mol. The first kappa shape index (κ1) is 19.1. The second-order valence-electron chi connectivity index (χ2n) is 7.72. The molecular formula is C23H21BrN4O2. The standard InChI is InChI=1S/C23H21BrN4O2/c24-18-10-4-5-12-20(18)27-14-15(13-21(27)29)23(30)25-22-17-9-6-11-19(17)26-28(22)16-7-2-1-3-8-16/h1-5,7-8,10,12,15H,6,9,11,13-14H2,(H,25,30). The van der Waals surface area contributed by atoms with Gasteiger partial charge in [0.2, 0.25) is 11.8 Å². The highest BCUT2D eigenvalue weighted by Crippen LogP contribution is 2.34. The number of carbonyl (C=O) groups is 2. The molecule has 0 bridgehead atoms. The van der Waals surface area contributed by atoms with Gasteiger partial charge in [-0.3, -0.25) is 9.59 Å². The van der Waals surface area contributed by atoms with Gasteiger partial charge in [-0.05, 0) is 59.5 Å². The van der Waals surface area contributed by atoms with E-state index in [0.717, 1.165) is 52.2 Å². The lowest BCUT2D eigenvalue weighted by molar-refractivity contribution is -0.122. The zero-order chi connectivity index (χ0) is 20.7. The quantitative estimate of drug-likeness (QED) is 0.631. The molecule has 0 spiro atoms. The van der Waals surface area contributed by atoms with Crippen molar-refractivity contribution in [3.05, 3.63) is 70.3 Å². The van der Waals surface area contributed by atoms with Crippen LogP contribution in [0.15, 0.2) is 59.1 Å². The maximum Gasteiger partial charge on any atom is 0.230 e. The Bertz CT molecular complexity index is 1130. The van der Waals surface area contributed by atoms with Crippen molar-refractivity contribution in [1.29, 1.82) is 0 Å². The van der Waals surface area contributed by atoms with Gasteiger partial charge in [-0.15, -0.1) is 0 Å². The fourth-order valence-corrected chi connectivity index (χ4v) is 4.78. The van der Waals surface area contributed by atoms with E-state index in [1.165, 1.54) is 0 Å². The number of aryl methyl sites for hydroxylation is 1. The van der Waals surface area contributed by atoms with Crippen LogP contribution in [0.4, 0.5) is 11.5 Å². The molecule has 3 aromatic rings. The lowest BCUT2D eigenvalue weighted by Crippen LogP contribution is -2.29. The van der Waals surface area contributed by atoms with Crippen molar-refractivity contribution in [2.24, 2.45) is 5.92 Å². The molecule has 2 aliphatic rings. The van der Waals surface area contributed by atoms with Gasteiger partial charge in [0.15, 0.2) is 0 Å². The molecule has 5 rings (SSSR count). The first-order valence-corrected chi connectivity index (χ1v) is 10.9. The maximum atomic E-state index is 13.2. The van der Waals surface area contributed by atoms with Crippen molar-refractivity contribution >= 4 is 39.2 Å². The SMILES string of the molecule is O=C(Nc1c2c(nn1-c1ccccc1)CCC2)C1CC(=O)N(c2ccccc2Br)C1. The van der Waals surface area contributed by atoms with Crippen LogP contribution in [0.5, 0.6) is 0 Å². The number of halogens is 1. The summed E-state index contributed by atoms with van der Waals surface area (Å²) in [6.07, 6.45) is 3.09. The van der Waals surface area contributed by atoms with Crippen LogP contribution in [0.3, 0.4) is 0 Å². The summed E-state index contributed by atoms with van der Waals surface area (Å²) in [6.45, 7) is 0.370. The fraction of sp³-hybridized carbons (Fsp3) is 0.261. The van der Waals surface area contributed by atoms with Gasteiger partial charge < -0.3 is 10.2 Å². The predicted octanol–water partition coefficient (Wildman–Crippen LogP) is 4.12. The third kappa shape index (κ3) is 3.33. The van der Waals surface area contributed by atoms with Crippen LogP contribution in [0.1, 0.15) is 24.1 Å². The van der Waals surface area contributed by atoms with Crippen LogP contribution >= 0.6 is 15.9 Å². The highest BCUT2D eigenvalue weighted by Gasteiger charge is 2.37. The zero-order valence-electron chi connectivity index (χ0n) is 16.3. The van der Waals surface area contributed by atoms with E-state index in [2.05, 4.69) is 21.2 Å². The molecule has 2 heterocycles. The van der Waals surface area contributed by atoms with E-state index >= 15 is 0 Å².